The molecule has 0 aliphatic heterocycles. The van der Waals surface area contributed by atoms with E-state index in [-0.39, 0.29) is 0 Å². The Morgan fingerprint density at radius 1 is 1.14 bits per heavy atom. The minimum absolute atomic E-state index is 0.709. The summed E-state index contributed by atoms with van der Waals surface area (Å²) in [5, 5.41) is 12.8. The zero-order valence-corrected chi connectivity index (χ0v) is 23.1. The molecule has 0 aliphatic carbocycles. The van der Waals surface area contributed by atoms with Gasteiger partial charge < -0.3 is 4.74 Å². The number of benzene rings is 1. The molecule has 0 atom stereocenters. The van der Waals surface area contributed by atoms with E-state index in [9.17, 15) is 0 Å². The van der Waals surface area contributed by atoms with E-state index in [0.717, 1.165) is 42.6 Å². The summed E-state index contributed by atoms with van der Waals surface area (Å²) in [7, 11) is 3.30. The summed E-state index contributed by atoms with van der Waals surface area (Å²) in [6, 6.07) is 10.2. The van der Waals surface area contributed by atoms with Crippen LogP contribution >= 0.6 is 34.4 Å². The molecule has 1 aromatic carbocycles. The summed E-state index contributed by atoms with van der Waals surface area (Å²) in [5.74, 6) is 1.50. The molecule has 4 aromatic rings. The number of hydrogen-bond acceptors (Lipinski definition) is 8. The molecule has 3 aromatic heterocycles. The third kappa shape index (κ3) is 6.28. The number of nitrogens with two attached hydrogens (primary N) is 1. The molecule has 0 saturated heterocycles. The molecule has 0 spiro atoms. The molecule has 0 bridgehead atoms. The minimum Gasteiger partial charge on any atom is -0.495 e. The van der Waals surface area contributed by atoms with Crippen LogP contribution < -0.4 is 10.2 Å². The van der Waals surface area contributed by atoms with Gasteiger partial charge in [0.05, 0.1) is 24.8 Å². The van der Waals surface area contributed by atoms with Crippen molar-refractivity contribution in [2.45, 2.75) is 37.2 Å². The highest BCUT2D eigenvalue weighted by molar-refractivity contribution is 8.01. The topological polar surface area (TPSA) is 78.7 Å². The van der Waals surface area contributed by atoms with Gasteiger partial charge in [-0.1, -0.05) is 44.2 Å². The van der Waals surface area contributed by atoms with Gasteiger partial charge in [0.2, 0.25) is 10.2 Å². The quantitative estimate of drug-likeness (QED) is 0.201. The lowest BCUT2D eigenvalue weighted by Crippen LogP contribution is -2.75. The average molecular weight is 529 g/mol. The number of allylic oxidation sites excluding steroid dienone is 4. The van der Waals surface area contributed by atoms with Crippen molar-refractivity contribution in [3.63, 3.8) is 0 Å². The van der Waals surface area contributed by atoms with Gasteiger partial charge in [-0.15, -0.1) is 21.5 Å². The van der Waals surface area contributed by atoms with Crippen molar-refractivity contribution in [2.24, 2.45) is 0 Å². The monoisotopic (exact) mass is 528 g/mol. The van der Waals surface area contributed by atoms with Crippen molar-refractivity contribution in [3.8, 4) is 22.1 Å². The van der Waals surface area contributed by atoms with Crippen LogP contribution in [0.5, 0.6) is 5.75 Å². The lowest BCUT2D eigenvalue weighted by molar-refractivity contribution is -0.827. The summed E-state index contributed by atoms with van der Waals surface area (Å²) < 4.78 is 8.65. The van der Waals surface area contributed by atoms with Gasteiger partial charge >= 0.3 is 0 Å². The molecular formula is C25H30N5O2S3+. The van der Waals surface area contributed by atoms with Crippen molar-refractivity contribution in [3.05, 3.63) is 65.7 Å². The summed E-state index contributed by atoms with van der Waals surface area (Å²) in [6.07, 6.45) is 8.01. The zero-order valence-electron chi connectivity index (χ0n) is 20.7. The zero-order chi connectivity index (χ0) is 25.2. The Labute approximate surface area is 218 Å². The Morgan fingerprint density at radius 3 is 2.63 bits per heavy atom. The second-order valence-electron chi connectivity index (χ2n) is 6.73. The summed E-state index contributed by atoms with van der Waals surface area (Å²) in [6.45, 7) is 8.05. The molecule has 0 fully saturated rings. The molecule has 10 heteroatoms. The molecule has 0 saturated carbocycles. The number of aromatic nitrogens is 4. The highest BCUT2D eigenvalue weighted by Crippen LogP contribution is 2.39. The summed E-state index contributed by atoms with van der Waals surface area (Å²) >= 11 is 4.62. The first-order chi connectivity index (χ1) is 17.2. The molecule has 0 unspecified atom stereocenters. The average Bonchev–Trinajstić information content (AvgIpc) is 3.65. The van der Waals surface area contributed by atoms with Crippen LogP contribution in [-0.4, -0.2) is 34.0 Å². The Hall–Kier alpha value is -2.76. The third-order valence-corrected chi connectivity index (χ3v) is 7.51. The molecule has 2 N–H and O–H groups in total. The first kappa shape index (κ1) is 26.8. The predicted octanol–water partition coefficient (Wildman–Crippen LogP) is 6.37. The van der Waals surface area contributed by atoms with E-state index >= 15 is 0 Å². The maximum atomic E-state index is 5.76. The first-order valence-electron chi connectivity index (χ1n) is 11.1. The standard InChI is InChI=1S/C23H23N5O2S3.C2H6/c1-5-8-15(6-2)16-10-11-18(29-3)17(13-16)28-21(19-9-7-12-31-19)25-26-22(28)33-23-24-14-20(32-23)27-30-4;1-2/h5-14,27H,1-4H3;1-2H3/p+1/b8-5-,15-6+;. The van der Waals surface area contributed by atoms with Crippen LogP contribution in [0.15, 0.2) is 69.6 Å². The van der Waals surface area contributed by atoms with Gasteiger partial charge in [0.15, 0.2) is 10.2 Å². The number of thiophene rings is 1. The fourth-order valence-corrected chi connectivity index (χ4v) is 5.82. The summed E-state index contributed by atoms with van der Waals surface area (Å²) in [5.41, 5.74) is 4.76. The van der Waals surface area contributed by atoms with Crippen LogP contribution in [0, 0.1) is 0 Å². The van der Waals surface area contributed by atoms with Gasteiger partial charge in [-0.2, -0.15) is 5.48 Å². The second kappa shape index (κ2) is 13.4. The van der Waals surface area contributed by atoms with Gasteiger partial charge in [0.25, 0.3) is 0 Å². The Bertz CT molecular complexity index is 1280. The smallest absolute Gasteiger partial charge is 0.238 e. The molecular weight excluding hydrogens is 499 g/mol. The molecule has 0 amide bonds. The molecule has 184 valence electrons. The molecule has 3 heterocycles. The van der Waals surface area contributed by atoms with E-state index in [1.807, 2.05) is 61.9 Å². The van der Waals surface area contributed by atoms with Crippen molar-refractivity contribution in [1.82, 2.24) is 19.7 Å². The number of methoxy groups -OCH3 is 1. The van der Waals surface area contributed by atoms with Crippen LogP contribution in [0.4, 0.5) is 5.00 Å². The summed E-state index contributed by atoms with van der Waals surface area (Å²) in [4.78, 5) is 10.6. The lowest BCUT2D eigenvalue weighted by Gasteiger charge is -2.15. The van der Waals surface area contributed by atoms with Crippen LogP contribution in [0.2, 0.25) is 0 Å². The Balaban J connectivity index is 0.00000167. The molecule has 4 rings (SSSR count). The highest BCUT2D eigenvalue weighted by Gasteiger charge is 2.22. The first-order valence-corrected chi connectivity index (χ1v) is 13.7. The van der Waals surface area contributed by atoms with E-state index in [2.05, 4.69) is 39.5 Å². The molecule has 7 nitrogen and oxygen atoms in total. The van der Waals surface area contributed by atoms with Crippen LogP contribution in [0.1, 0.15) is 33.3 Å². The van der Waals surface area contributed by atoms with Crippen molar-refractivity contribution in [2.75, 3.05) is 14.2 Å². The number of rotatable bonds is 9. The van der Waals surface area contributed by atoms with Crippen molar-refractivity contribution in [1.29, 1.82) is 0 Å². The lowest BCUT2D eigenvalue weighted by atomic mass is 10.0. The van der Waals surface area contributed by atoms with Gasteiger partial charge in [0, 0.05) is 0 Å². The van der Waals surface area contributed by atoms with Gasteiger partial charge in [-0.3, -0.25) is 4.57 Å². The normalized spacial score (nSPS) is 11.5. The van der Waals surface area contributed by atoms with E-state index < -0.39 is 0 Å². The fourth-order valence-electron chi connectivity index (χ4n) is 3.27. The van der Waals surface area contributed by atoms with E-state index in [4.69, 9.17) is 9.57 Å². The van der Waals surface area contributed by atoms with Gasteiger partial charge in [0.1, 0.15) is 11.9 Å². The van der Waals surface area contributed by atoms with Crippen molar-refractivity contribution < 1.29 is 15.1 Å². The van der Waals surface area contributed by atoms with Gasteiger partial charge in [-0.25, -0.2) is 9.82 Å². The largest absolute Gasteiger partial charge is 0.495 e. The minimum atomic E-state index is 0.709. The number of hydrogen-bond donors (Lipinski definition) is 1. The van der Waals surface area contributed by atoms with E-state index in [1.165, 1.54) is 23.1 Å². The van der Waals surface area contributed by atoms with Gasteiger partial charge in [-0.05, 0) is 71.7 Å². The number of ether oxygens (including phenoxy) is 1. The Kier molecular flexibility index (Phi) is 10.2. The highest BCUT2D eigenvalue weighted by atomic mass is 32.2. The van der Waals surface area contributed by atoms with Crippen LogP contribution in [0.25, 0.3) is 22.0 Å². The third-order valence-electron chi connectivity index (χ3n) is 4.70. The van der Waals surface area contributed by atoms with Crippen molar-refractivity contribution >= 4 is 45.0 Å². The molecule has 0 radical (unpaired) electrons. The number of nitrogens with zero attached hydrogens (tertiary/aromatic N) is 4. The predicted molar refractivity (Wildman–Crippen MR) is 146 cm³/mol. The molecule has 0 aliphatic rings. The SMILES string of the molecule is C/C=C\C(=C/C)c1ccc(OC)c(-n2c(Sc3ncc([NH2+]OC)s3)nnc2-c2cccs2)c1.CC. The van der Waals surface area contributed by atoms with E-state index in [1.54, 1.807) is 37.2 Å². The maximum Gasteiger partial charge on any atom is 0.238 e. The van der Waals surface area contributed by atoms with Crippen LogP contribution in [-0.2, 0) is 4.84 Å². The van der Waals surface area contributed by atoms with Crippen LogP contribution in [0.3, 0.4) is 0 Å². The fraction of sp³-hybridized carbons (Fsp3) is 0.240. The Morgan fingerprint density at radius 2 is 1.97 bits per heavy atom. The van der Waals surface area contributed by atoms with E-state index in [0.29, 0.717) is 5.16 Å². The number of thiazole rings is 1. The molecule has 35 heavy (non-hydrogen) atoms. The maximum absolute atomic E-state index is 5.76. The second-order valence-corrected chi connectivity index (χ2v) is 9.96. The number of quaternary nitrogens is 1.